The first-order chi connectivity index (χ1) is 13.3. The Bertz CT molecular complexity index is 1280. The van der Waals surface area contributed by atoms with Crippen molar-refractivity contribution in [1.29, 1.82) is 0 Å². The number of hydrogen-bond acceptors (Lipinski definition) is 2. The third-order valence-electron chi connectivity index (χ3n) is 4.99. The van der Waals surface area contributed by atoms with E-state index in [-0.39, 0.29) is 5.75 Å². The number of hydrogen-bond donors (Lipinski definition) is 1. The van der Waals surface area contributed by atoms with Gasteiger partial charge in [-0.15, -0.1) is 0 Å². The van der Waals surface area contributed by atoms with Crippen LogP contribution in [0.2, 0.25) is 0 Å². The molecule has 2 nitrogen and oxygen atoms in total. The zero-order valence-corrected chi connectivity index (χ0v) is 14.6. The highest BCUT2D eigenvalue weighted by Gasteiger charge is 2.11. The summed E-state index contributed by atoms with van der Waals surface area (Å²) in [6.07, 6.45) is 3.57. The Morgan fingerprint density at radius 1 is 0.593 bits per heavy atom. The summed E-state index contributed by atoms with van der Waals surface area (Å²) in [5.41, 5.74) is 4.05. The fourth-order valence-electron chi connectivity index (χ4n) is 3.76. The lowest BCUT2D eigenvalue weighted by atomic mass is 9.92. The number of phenolic OH excluding ortho intramolecular Hbond substituents is 1. The molecule has 128 valence electrons. The van der Waals surface area contributed by atoms with E-state index in [1.807, 2.05) is 24.4 Å². The van der Waals surface area contributed by atoms with Crippen molar-refractivity contribution in [3.63, 3.8) is 0 Å². The van der Waals surface area contributed by atoms with Gasteiger partial charge < -0.3 is 5.11 Å². The lowest BCUT2D eigenvalue weighted by Crippen LogP contribution is -1.86. The van der Waals surface area contributed by atoms with E-state index in [4.69, 9.17) is 0 Å². The maximum Gasteiger partial charge on any atom is 0.116 e. The van der Waals surface area contributed by atoms with Gasteiger partial charge in [-0.3, -0.25) is 4.98 Å². The van der Waals surface area contributed by atoms with Gasteiger partial charge in [-0.2, -0.15) is 0 Å². The second kappa shape index (κ2) is 6.26. The normalized spacial score (nSPS) is 11.1. The van der Waals surface area contributed by atoms with Gasteiger partial charge in [0.2, 0.25) is 0 Å². The first-order valence-corrected chi connectivity index (χ1v) is 8.95. The molecule has 0 spiro atoms. The van der Waals surface area contributed by atoms with E-state index in [0.29, 0.717) is 0 Å². The number of rotatable bonds is 2. The molecule has 0 amide bonds. The number of aromatic nitrogens is 1. The SMILES string of the molecule is Oc1cc(-c2cccnc2)cc(-c2cc3ccccc3c3ccccc23)c1. The van der Waals surface area contributed by atoms with E-state index in [1.54, 1.807) is 12.3 Å². The van der Waals surface area contributed by atoms with E-state index in [2.05, 4.69) is 65.6 Å². The highest BCUT2D eigenvalue weighted by atomic mass is 16.3. The maximum atomic E-state index is 10.4. The van der Waals surface area contributed by atoms with Crippen LogP contribution in [0.4, 0.5) is 0 Å². The van der Waals surface area contributed by atoms with E-state index in [1.165, 1.54) is 21.5 Å². The van der Waals surface area contributed by atoms with Crippen LogP contribution in [0, 0.1) is 0 Å². The van der Waals surface area contributed by atoms with Crippen molar-refractivity contribution in [2.75, 3.05) is 0 Å². The number of benzene rings is 4. The van der Waals surface area contributed by atoms with Crippen LogP contribution in [0.15, 0.2) is 97.3 Å². The Morgan fingerprint density at radius 2 is 1.33 bits per heavy atom. The van der Waals surface area contributed by atoms with Gasteiger partial charge in [0.15, 0.2) is 0 Å². The standard InChI is InChI=1S/C25H17NO/c27-21-13-19(18-7-5-11-26-16-18)12-20(14-21)25-15-17-6-1-2-8-22(17)23-9-3-4-10-24(23)25/h1-16,27H. The third kappa shape index (κ3) is 2.72. The molecule has 0 saturated carbocycles. The quantitative estimate of drug-likeness (QED) is 0.373. The van der Waals surface area contributed by atoms with Crippen LogP contribution in [0.3, 0.4) is 0 Å². The largest absolute Gasteiger partial charge is 0.508 e. The van der Waals surface area contributed by atoms with E-state index in [9.17, 15) is 5.11 Å². The van der Waals surface area contributed by atoms with Crippen molar-refractivity contribution in [3.05, 3.63) is 97.3 Å². The van der Waals surface area contributed by atoms with Gasteiger partial charge in [0.25, 0.3) is 0 Å². The Balaban J connectivity index is 1.82. The Labute approximate surface area is 157 Å². The minimum Gasteiger partial charge on any atom is -0.508 e. The van der Waals surface area contributed by atoms with Crippen molar-refractivity contribution in [1.82, 2.24) is 4.98 Å². The van der Waals surface area contributed by atoms with Gasteiger partial charge in [-0.05, 0) is 68.6 Å². The van der Waals surface area contributed by atoms with Crippen LogP contribution >= 0.6 is 0 Å². The van der Waals surface area contributed by atoms with Crippen LogP contribution in [0.5, 0.6) is 5.75 Å². The molecule has 5 aromatic rings. The summed E-state index contributed by atoms with van der Waals surface area (Å²) in [5.74, 6) is 0.253. The molecule has 0 aliphatic heterocycles. The van der Waals surface area contributed by atoms with Crippen LogP contribution in [-0.4, -0.2) is 10.1 Å². The predicted molar refractivity (Wildman–Crippen MR) is 112 cm³/mol. The molecule has 1 N–H and O–H groups in total. The first-order valence-electron chi connectivity index (χ1n) is 8.95. The van der Waals surface area contributed by atoms with Gasteiger partial charge >= 0.3 is 0 Å². The number of aromatic hydroxyl groups is 1. The number of nitrogens with zero attached hydrogens (tertiary/aromatic N) is 1. The Hall–Kier alpha value is -3.65. The summed E-state index contributed by atoms with van der Waals surface area (Å²) in [4.78, 5) is 4.20. The second-order valence-electron chi connectivity index (χ2n) is 6.70. The number of phenols is 1. The zero-order chi connectivity index (χ0) is 18.2. The minimum absolute atomic E-state index is 0.253. The molecule has 0 unspecified atom stereocenters. The molecule has 1 heterocycles. The molecular weight excluding hydrogens is 330 g/mol. The number of pyridine rings is 1. The molecule has 4 aromatic carbocycles. The van der Waals surface area contributed by atoms with Crippen LogP contribution in [0.25, 0.3) is 43.8 Å². The number of fused-ring (bicyclic) bond motifs is 3. The van der Waals surface area contributed by atoms with Gasteiger partial charge in [-0.1, -0.05) is 54.6 Å². The van der Waals surface area contributed by atoms with Crippen molar-refractivity contribution in [2.45, 2.75) is 0 Å². The molecule has 0 saturated heterocycles. The van der Waals surface area contributed by atoms with Crippen molar-refractivity contribution in [3.8, 4) is 28.0 Å². The van der Waals surface area contributed by atoms with Gasteiger partial charge in [0.05, 0.1) is 0 Å². The minimum atomic E-state index is 0.253. The smallest absolute Gasteiger partial charge is 0.116 e. The lowest BCUT2D eigenvalue weighted by molar-refractivity contribution is 0.476. The summed E-state index contributed by atoms with van der Waals surface area (Å²) in [7, 11) is 0. The summed E-state index contributed by atoms with van der Waals surface area (Å²) >= 11 is 0. The molecule has 0 atom stereocenters. The maximum absolute atomic E-state index is 10.4. The van der Waals surface area contributed by atoms with E-state index >= 15 is 0 Å². The Morgan fingerprint density at radius 3 is 2.15 bits per heavy atom. The molecule has 0 aliphatic rings. The summed E-state index contributed by atoms with van der Waals surface area (Å²) in [5, 5.41) is 15.2. The average molecular weight is 347 g/mol. The molecule has 0 bridgehead atoms. The first kappa shape index (κ1) is 15.6. The van der Waals surface area contributed by atoms with Crippen LogP contribution in [0.1, 0.15) is 0 Å². The monoisotopic (exact) mass is 347 g/mol. The van der Waals surface area contributed by atoms with Crippen LogP contribution in [-0.2, 0) is 0 Å². The molecule has 0 fully saturated rings. The second-order valence-corrected chi connectivity index (χ2v) is 6.70. The van der Waals surface area contributed by atoms with Crippen molar-refractivity contribution >= 4 is 21.5 Å². The van der Waals surface area contributed by atoms with Crippen molar-refractivity contribution < 1.29 is 5.11 Å². The third-order valence-corrected chi connectivity index (χ3v) is 4.99. The van der Waals surface area contributed by atoms with Gasteiger partial charge in [0, 0.05) is 18.0 Å². The topological polar surface area (TPSA) is 33.1 Å². The molecular formula is C25H17NO. The fourth-order valence-corrected chi connectivity index (χ4v) is 3.76. The van der Waals surface area contributed by atoms with Gasteiger partial charge in [-0.25, -0.2) is 0 Å². The lowest BCUT2D eigenvalue weighted by Gasteiger charge is -2.13. The Kier molecular flexibility index (Phi) is 3.61. The van der Waals surface area contributed by atoms with E-state index < -0.39 is 0 Å². The summed E-state index contributed by atoms with van der Waals surface area (Å²) < 4.78 is 0. The molecule has 0 radical (unpaired) electrons. The highest BCUT2D eigenvalue weighted by molar-refractivity contribution is 6.13. The predicted octanol–water partition coefficient (Wildman–Crippen LogP) is 6.43. The molecule has 27 heavy (non-hydrogen) atoms. The van der Waals surface area contributed by atoms with Crippen LogP contribution < -0.4 is 0 Å². The summed E-state index contributed by atoms with van der Waals surface area (Å²) in [6, 6.07) is 28.7. The highest BCUT2D eigenvalue weighted by Crippen LogP contribution is 2.37. The molecule has 0 aliphatic carbocycles. The summed E-state index contributed by atoms with van der Waals surface area (Å²) in [6.45, 7) is 0. The van der Waals surface area contributed by atoms with E-state index in [0.717, 1.165) is 22.3 Å². The van der Waals surface area contributed by atoms with Crippen molar-refractivity contribution in [2.24, 2.45) is 0 Å². The zero-order valence-electron chi connectivity index (χ0n) is 14.6. The molecule has 2 heteroatoms. The average Bonchev–Trinajstić information content (AvgIpc) is 2.73. The molecule has 1 aromatic heterocycles. The molecule has 5 rings (SSSR count). The van der Waals surface area contributed by atoms with Gasteiger partial charge in [0.1, 0.15) is 5.75 Å². The fraction of sp³-hybridized carbons (Fsp3) is 0.